The minimum atomic E-state index is -1.55. The molecule has 0 radical (unpaired) electrons. The second-order valence-electron chi connectivity index (χ2n) is 3.55. The molecule has 1 aromatic rings. The fourth-order valence-electron chi connectivity index (χ4n) is 1.34. The van der Waals surface area contributed by atoms with E-state index in [1.807, 2.05) is 0 Å². The number of halogens is 1. The summed E-state index contributed by atoms with van der Waals surface area (Å²) in [6, 6.07) is 0.934. The summed E-state index contributed by atoms with van der Waals surface area (Å²) in [5.41, 5.74) is -0.934. The second-order valence-corrected chi connectivity index (χ2v) is 3.55. The summed E-state index contributed by atoms with van der Waals surface area (Å²) < 4.78 is 12.9. The second kappa shape index (κ2) is 5.76. The fourth-order valence-corrected chi connectivity index (χ4v) is 1.34. The Morgan fingerprint density at radius 1 is 1.42 bits per heavy atom. The van der Waals surface area contributed by atoms with Crippen LogP contribution >= 0.6 is 0 Å². The van der Waals surface area contributed by atoms with Gasteiger partial charge in [-0.15, -0.1) is 0 Å². The zero-order valence-corrected chi connectivity index (χ0v) is 9.37. The van der Waals surface area contributed by atoms with Crippen molar-refractivity contribution in [2.75, 3.05) is 5.32 Å². The van der Waals surface area contributed by atoms with E-state index in [1.54, 1.807) is 0 Å². The standard InChI is InChI=1S/C10H9FN2O6/c11-5-1-2-6(8(3-5)13(18)19)12-7(10(16)17)4-9(14)15/h1-3,7,12H,4H2,(H,14,15)(H,16,17). The molecule has 0 aliphatic rings. The summed E-state index contributed by atoms with van der Waals surface area (Å²) >= 11 is 0. The van der Waals surface area contributed by atoms with Gasteiger partial charge in [0.25, 0.3) is 5.69 Å². The Hall–Kier alpha value is -2.71. The average molecular weight is 272 g/mol. The maximum absolute atomic E-state index is 12.9. The minimum Gasteiger partial charge on any atom is -0.481 e. The van der Waals surface area contributed by atoms with Crippen molar-refractivity contribution in [3.05, 3.63) is 34.1 Å². The van der Waals surface area contributed by atoms with Gasteiger partial charge in [-0.05, 0) is 12.1 Å². The molecule has 1 unspecified atom stereocenters. The van der Waals surface area contributed by atoms with E-state index < -0.39 is 40.8 Å². The first-order chi connectivity index (χ1) is 8.81. The molecule has 9 heteroatoms. The number of nitrogens with zero attached hydrogens (tertiary/aromatic N) is 1. The van der Waals surface area contributed by atoms with E-state index in [4.69, 9.17) is 10.2 Å². The maximum atomic E-state index is 12.9. The molecule has 0 aliphatic carbocycles. The van der Waals surface area contributed by atoms with Gasteiger partial charge in [-0.25, -0.2) is 9.18 Å². The largest absolute Gasteiger partial charge is 0.481 e. The van der Waals surface area contributed by atoms with Gasteiger partial charge in [0.2, 0.25) is 0 Å². The van der Waals surface area contributed by atoms with Gasteiger partial charge in [0.15, 0.2) is 0 Å². The SMILES string of the molecule is O=C(O)CC(Nc1ccc(F)cc1[N+](=O)[O-])C(=O)O. The monoisotopic (exact) mass is 272 g/mol. The lowest BCUT2D eigenvalue weighted by Gasteiger charge is -2.13. The highest BCUT2D eigenvalue weighted by Crippen LogP contribution is 2.26. The van der Waals surface area contributed by atoms with Gasteiger partial charge in [-0.1, -0.05) is 0 Å². The third-order valence-corrected chi connectivity index (χ3v) is 2.16. The van der Waals surface area contributed by atoms with Crippen molar-refractivity contribution in [1.82, 2.24) is 0 Å². The Morgan fingerprint density at radius 2 is 2.05 bits per heavy atom. The van der Waals surface area contributed by atoms with Crippen LogP contribution in [0.5, 0.6) is 0 Å². The van der Waals surface area contributed by atoms with Crippen molar-refractivity contribution in [3.63, 3.8) is 0 Å². The van der Waals surface area contributed by atoms with Crippen molar-refractivity contribution in [2.45, 2.75) is 12.5 Å². The molecule has 0 amide bonds. The molecule has 0 bridgehead atoms. The third kappa shape index (κ3) is 3.91. The van der Waals surface area contributed by atoms with Crippen LogP contribution < -0.4 is 5.32 Å². The minimum absolute atomic E-state index is 0.264. The van der Waals surface area contributed by atoms with Gasteiger partial charge in [0.1, 0.15) is 17.5 Å². The zero-order valence-electron chi connectivity index (χ0n) is 9.37. The normalized spacial score (nSPS) is 11.6. The maximum Gasteiger partial charge on any atom is 0.326 e. The highest BCUT2D eigenvalue weighted by Gasteiger charge is 2.24. The first-order valence-electron chi connectivity index (χ1n) is 4.96. The molecule has 102 valence electrons. The molecule has 0 aliphatic heterocycles. The molecule has 0 fully saturated rings. The Bertz CT molecular complexity index is 533. The van der Waals surface area contributed by atoms with Crippen LogP contribution in [0.1, 0.15) is 6.42 Å². The van der Waals surface area contributed by atoms with Crippen LogP contribution in [0.2, 0.25) is 0 Å². The van der Waals surface area contributed by atoms with Crippen molar-refractivity contribution in [2.24, 2.45) is 0 Å². The summed E-state index contributed by atoms with van der Waals surface area (Å²) in [6.45, 7) is 0. The zero-order chi connectivity index (χ0) is 14.6. The summed E-state index contributed by atoms with van der Waals surface area (Å²) in [4.78, 5) is 31.1. The number of carboxylic acids is 2. The van der Waals surface area contributed by atoms with Gasteiger partial charge in [-0.2, -0.15) is 0 Å². The van der Waals surface area contributed by atoms with E-state index in [0.717, 1.165) is 12.1 Å². The van der Waals surface area contributed by atoms with E-state index in [9.17, 15) is 24.1 Å². The highest BCUT2D eigenvalue weighted by atomic mass is 19.1. The number of carbonyl (C=O) groups is 2. The van der Waals surface area contributed by atoms with Crippen LogP contribution in [0.25, 0.3) is 0 Å². The number of nitrogens with one attached hydrogen (secondary N) is 1. The number of carboxylic acid groups (broad SMARTS) is 2. The highest BCUT2D eigenvalue weighted by molar-refractivity contribution is 5.84. The number of hydrogen-bond acceptors (Lipinski definition) is 5. The summed E-state index contributed by atoms with van der Waals surface area (Å²) in [5.74, 6) is -3.73. The average Bonchev–Trinajstić information content (AvgIpc) is 2.29. The van der Waals surface area contributed by atoms with E-state index in [2.05, 4.69) is 5.32 Å². The van der Waals surface area contributed by atoms with Crippen LogP contribution in [0.4, 0.5) is 15.8 Å². The molecule has 0 heterocycles. The lowest BCUT2D eigenvalue weighted by Crippen LogP contribution is -2.32. The molecule has 19 heavy (non-hydrogen) atoms. The molecule has 0 saturated carbocycles. The van der Waals surface area contributed by atoms with Gasteiger partial charge in [0, 0.05) is 0 Å². The molecule has 3 N–H and O–H groups in total. The predicted octanol–water partition coefficient (Wildman–Crippen LogP) is 1.07. The number of hydrogen-bond donors (Lipinski definition) is 3. The Morgan fingerprint density at radius 3 is 2.53 bits per heavy atom. The van der Waals surface area contributed by atoms with Gasteiger partial charge < -0.3 is 15.5 Å². The molecule has 0 aromatic heterocycles. The lowest BCUT2D eigenvalue weighted by molar-refractivity contribution is -0.384. The molecule has 0 spiro atoms. The predicted molar refractivity (Wildman–Crippen MR) is 60.4 cm³/mol. The molecular weight excluding hydrogens is 263 g/mol. The van der Waals surface area contributed by atoms with Gasteiger partial charge >= 0.3 is 11.9 Å². The number of anilines is 1. The van der Waals surface area contributed by atoms with Crippen LogP contribution in [0, 0.1) is 15.9 Å². The summed E-state index contributed by atoms with van der Waals surface area (Å²) in [6.07, 6.45) is -0.774. The third-order valence-electron chi connectivity index (χ3n) is 2.16. The lowest BCUT2D eigenvalue weighted by atomic mass is 10.2. The topological polar surface area (TPSA) is 130 Å². The molecule has 1 rings (SSSR count). The van der Waals surface area contributed by atoms with E-state index in [-0.39, 0.29) is 5.69 Å². The van der Waals surface area contributed by atoms with E-state index in [0.29, 0.717) is 6.07 Å². The summed E-state index contributed by atoms with van der Waals surface area (Å²) in [7, 11) is 0. The number of nitro benzene ring substituents is 1. The molecule has 1 atom stereocenters. The van der Waals surface area contributed by atoms with Crippen molar-refractivity contribution in [1.29, 1.82) is 0 Å². The van der Waals surface area contributed by atoms with Crippen LogP contribution in [0.3, 0.4) is 0 Å². The Balaban J connectivity index is 3.05. The number of benzene rings is 1. The first kappa shape index (κ1) is 14.4. The smallest absolute Gasteiger partial charge is 0.326 e. The summed E-state index contributed by atoms with van der Waals surface area (Å²) in [5, 5.41) is 30.2. The van der Waals surface area contributed by atoms with E-state index >= 15 is 0 Å². The van der Waals surface area contributed by atoms with Gasteiger partial charge in [0.05, 0.1) is 17.4 Å². The Kier molecular flexibility index (Phi) is 4.35. The van der Waals surface area contributed by atoms with Crippen LogP contribution in [-0.2, 0) is 9.59 Å². The van der Waals surface area contributed by atoms with E-state index in [1.165, 1.54) is 0 Å². The van der Waals surface area contributed by atoms with Crippen molar-refractivity contribution in [3.8, 4) is 0 Å². The van der Waals surface area contributed by atoms with Crippen LogP contribution in [0.15, 0.2) is 18.2 Å². The number of rotatable bonds is 6. The fraction of sp³-hybridized carbons (Fsp3) is 0.200. The van der Waals surface area contributed by atoms with Gasteiger partial charge in [-0.3, -0.25) is 14.9 Å². The van der Waals surface area contributed by atoms with Crippen LogP contribution in [-0.4, -0.2) is 33.1 Å². The molecular formula is C10H9FN2O6. The molecule has 0 saturated heterocycles. The quantitative estimate of drug-likeness (QED) is 0.521. The first-order valence-corrected chi connectivity index (χ1v) is 4.96. The number of aliphatic carboxylic acids is 2. The Labute approximate surface area is 105 Å². The van der Waals surface area contributed by atoms with Crippen molar-refractivity contribution < 1.29 is 29.1 Å². The van der Waals surface area contributed by atoms with Crippen molar-refractivity contribution >= 4 is 23.3 Å². The number of nitro groups is 1. The molecule has 8 nitrogen and oxygen atoms in total. The molecule has 1 aromatic carbocycles.